The molecule has 1 N–H and O–H groups in total. The van der Waals surface area contributed by atoms with Crippen molar-refractivity contribution in [1.82, 2.24) is 15.1 Å². The third kappa shape index (κ3) is 1.44. The summed E-state index contributed by atoms with van der Waals surface area (Å²) in [5.41, 5.74) is 1.96. The summed E-state index contributed by atoms with van der Waals surface area (Å²) >= 11 is 0. The first-order chi connectivity index (χ1) is 6.81. The molecule has 0 radical (unpaired) electrons. The smallest absolute Gasteiger partial charge is 0.321 e. The Bertz CT molecular complexity index is 438. The Morgan fingerprint density at radius 1 is 1.43 bits per heavy atom. The van der Waals surface area contributed by atoms with Crippen LogP contribution in [0, 0.1) is 6.92 Å². The van der Waals surface area contributed by atoms with Gasteiger partial charge in [-0.05, 0) is 18.6 Å². The van der Waals surface area contributed by atoms with Gasteiger partial charge in [-0.2, -0.15) is 4.98 Å². The molecule has 2 rings (SSSR count). The molecule has 0 spiro atoms. The molecule has 0 bridgehead atoms. The summed E-state index contributed by atoms with van der Waals surface area (Å²) in [5, 5.41) is 6.62. The highest BCUT2D eigenvalue weighted by atomic mass is 16.5. The van der Waals surface area contributed by atoms with Gasteiger partial charge in [-0.25, -0.2) is 0 Å². The van der Waals surface area contributed by atoms with E-state index in [9.17, 15) is 0 Å². The zero-order valence-corrected chi connectivity index (χ0v) is 7.98. The number of nitrogens with zero attached hydrogens (tertiary/aromatic N) is 3. The van der Waals surface area contributed by atoms with E-state index in [0.29, 0.717) is 11.8 Å². The Kier molecular flexibility index (Phi) is 2.14. The minimum atomic E-state index is 0.413. The molecule has 0 aromatic carbocycles. The van der Waals surface area contributed by atoms with Crippen molar-refractivity contribution in [3.8, 4) is 11.4 Å². The molecule has 5 nitrogen and oxygen atoms in total. The van der Waals surface area contributed by atoms with Crippen molar-refractivity contribution in [1.29, 1.82) is 0 Å². The van der Waals surface area contributed by atoms with Crippen molar-refractivity contribution < 1.29 is 4.52 Å². The summed E-state index contributed by atoms with van der Waals surface area (Å²) in [5.74, 6) is 0.578. The number of anilines is 1. The van der Waals surface area contributed by atoms with E-state index in [2.05, 4.69) is 20.4 Å². The molecular weight excluding hydrogens is 180 g/mol. The summed E-state index contributed by atoms with van der Waals surface area (Å²) in [4.78, 5) is 8.14. The number of pyridine rings is 1. The molecule has 14 heavy (non-hydrogen) atoms. The Morgan fingerprint density at radius 3 is 2.93 bits per heavy atom. The van der Waals surface area contributed by atoms with Gasteiger partial charge in [0.15, 0.2) is 0 Å². The highest BCUT2D eigenvalue weighted by molar-refractivity contribution is 5.58. The van der Waals surface area contributed by atoms with Crippen LogP contribution in [0.25, 0.3) is 11.4 Å². The first kappa shape index (κ1) is 8.68. The van der Waals surface area contributed by atoms with E-state index in [0.717, 1.165) is 11.1 Å². The largest absolute Gasteiger partial charge is 0.341 e. The Labute approximate surface area is 81.2 Å². The first-order valence-corrected chi connectivity index (χ1v) is 4.23. The summed E-state index contributed by atoms with van der Waals surface area (Å²) in [6.45, 7) is 1.96. The lowest BCUT2D eigenvalue weighted by atomic mass is 10.1. The predicted molar refractivity (Wildman–Crippen MR) is 51.8 cm³/mol. The molecule has 0 atom stereocenters. The van der Waals surface area contributed by atoms with Crippen molar-refractivity contribution >= 4 is 6.01 Å². The number of hydrogen-bond donors (Lipinski definition) is 1. The lowest BCUT2D eigenvalue weighted by Crippen LogP contribution is -1.88. The van der Waals surface area contributed by atoms with Gasteiger partial charge >= 0.3 is 6.01 Å². The molecule has 2 aromatic heterocycles. The average molecular weight is 190 g/mol. The molecule has 0 amide bonds. The zero-order valence-electron chi connectivity index (χ0n) is 7.98. The lowest BCUT2D eigenvalue weighted by Gasteiger charge is -1.96. The molecular formula is C9H10N4O. The Hall–Kier alpha value is -1.91. The molecule has 0 aliphatic heterocycles. The number of rotatable bonds is 2. The van der Waals surface area contributed by atoms with E-state index in [1.54, 1.807) is 19.4 Å². The van der Waals surface area contributed by atoms with Crippen LogP contribution in [0.5, 0.6) is 0 Å². The molecule has 72 valence electrons. The van der Waals surface area contributed by atoms with Gasteiger partial charge in [0.2, 0.25) is 5.82 Å². The average Bonchev–Trinajstić information content (AvgIpc) is 2.67. The third-order valence-electron chi connectivity index (χ3n) is 1.90. The SMILES string of the molecule is CNc1nc(-c2ccncc2C)no1. The fourth-order valence-electron chi connectivity index (χ4n) is 1.16. The van der Waals surface area contributed by atoms with Gasteiger partial charge in [0.25, 0.3) is 0 Å². The molecule has 0 saturated heterocycles. The van der Waals surface area contributed by atoms with Crippen molar-refractivity contribution in [2.24, 2.45) is 0 Å². The molecule has 2 heterocycles. The van der Waals surface area contributed by atoms with Crippen LogP contribution in [0.1, 0.15) is 5.56 Å². The van der Waals surface area contributed by atoms with Crippen LogP contribution in [-0.2, 0) is 0 Å². The number of hydrogen-bond acceptors (Lipinski definition) is 5. The van der Waals surface area contributed by atoms with E-state index in [-0.39, 0.29) is 0 Å². The number of aromatic nitrogens is 3. The highest BCUT2D eigenvalue weighted by Crippen LogP contribution is 2.19. The summed E-state index contributed by atoms with van der Waals surface area (Å²) in [6.07, 6.45) is 3.47. The van der Waals surface area contributed by atoms with Crippen LogP contribution < -0.4 is 5.32 Å². The predicted octanol–water partition coefficient (Wildman–Crippen LogP) is 1.48. The highest BCUT2D eigenvalue weighted by Gasteiger charge is 2.08. The quantitative estimate of drug-likeness (QED) is 0.777. The van der Waals surface area contributed by atoms with E-state index in [1.165, 1.54) is 0 Å². The molecule has 2 aromatic rings. The van der Waals surface area contributed by atoms with Gasteiger partial charge in [0.05, 0.1) is 0 Å². The van der Waals surface area contributed by atoms with Crippen LogP contribution in [0.3, 0.4) is 0 Å². The summed E-state index contributed by atoms with van der Waals surface area (Å²) in [6, 6.07) is 2.27. The minimum Gasteiger partial charge on any atom is -0.341 e. The third-order valence-corrected chi connectivity index (χ3v) is 1.90. The van der Waals surface area contributed by atoms with Crippen molar-refractivity contribution in [3.05, 3.63) is 24.0 Å². The van der Waals surface area contributed by atoms with E-state index in [1.807, 2.05) is 13.0 Å². The van der Waals surface area contributed by atoms with Crippen LogP contribution in [-0.4, -0.2) is 22.2 Å². The fraction of sp³-hybridized carbons (Fsp3) is 0.222. The number of aryl methyl sites for hydroxylation is 1. The lowest BCUT2D eigenvalue weighted by molar-refractivity contribution is 0.434. The van der Waals surface area contributed by atoms with Gasteiger partial charge in [-0.1, -0.05) is 5.16 Å². The van der Waals surface area contributed by atoms with Crippen molar-refractivity contribution in [3.63, 3.8) is 0 Å². The maximum atomic E-state index is 4.93. The first-order valence-electron chi connectivity index (χ1n) is 4.23. The van der Waals surface area contributed by atoms with Crippen LogP contribution >= 0.6 is 0 Å². The Morgan fingerprint density at radius 2 is 2.29 bits per heavy atom. The van der Waals surface area contributed by atoms with Crippen LogP contribution in [0.15, 0.2) is 23.0 Å². The van der Waals surface area contributed by atoms with Gasteiger partial charge < -0.3 is 9.84 Å². The second-order valence-corrected chi connectivity index (χ2v) is 2.86. The maximum Gasteiger partial charge on any atom is 0.321 e. The maximum absolute atomic E-state index is 4.93. The van der Waals surface area contributed by atoms with Crippen LogP contribution in [0.2, 0.25) is 0 Å². The van der Waals surface area contributed by atoms with E-state index in [4.69, 9.17) is 4.52 Å². The molecule has 0 aliphatic rings. The van der Waals surface area contributed by atoms with E-state index < -0.39 is 0 Å². The van der Waals surface area contributed by atoms with Gasteiger partial charge in [-0.3, -0.25) is 4.98 Å². The van der Waals surface area contributed by atoms with E-state index >= 15 is 0 Å². The second kappa shape index (κ2) is 3.45. The summed E-state index contributed by atoms with van der Waals surface area (Å²) < 4.78 is 4.93. The number of nitrogens with one attached hydrogen (secondary N) is 1. The molecule has 0 fully saturated rings. The standard InChI is InChI=1S/C9H10N4O/c1-6-5-11-4-3-7(6)8-12-9(10-2)14-13-8/h3-5H,1-2H3,(H,10,12,13). The van der Waals surface area contributed by atoms with Crippen molar-refractivity contribution in [2.45, 2.75) is 6.92 Å². The minimum absolute atomic E-state index is 0.413. The van der Waals surface area contributed by atoms with Gasteiger partial charge in [0, 0.05) is 25.0 Å². The van der Waals surface area contributed by atoms with Crippen LogP contribution in [0.4, 0.5) is 6.01 Å². The molecule has 5 heteroatoms. The van der Waals surface area contributed by atoms with Gasteiger partial charge in [0.1, 0.15) is 0 Å². The normalized spacial score (nSPS) is 10.1. The second-order valence-electron chi connectivity index (χ2n) is 2.86. The topological polar surface area (TPSA) is 63.8 Å². The molecule has 0 unspecified atom stereocenters. The summed E-state index contributed by atoms with van der Waals surface area (Å²) in [7, 11) is 1.73. The molecule has 0 saturated carbocycles. The zero-order chi connectivity index (χ0) is 9.97. The Balaban J connectivity index is 2.44. The fourth-order valence-corrected chi connectivity index (χ4v) is 1.16. The van der Waals surface area contributed by atoms with Gasteiger partial charge in [-0.15, -0.1) is 0 Å². The van der Waals surface area contributed by atoms with Crippen molar-refractivity contribution in [2.75, 3.05) is 12.4 Å². The molecule has 0 aliphatic carbocycles. The monoisotopic (exact) mass is 190 g/mol.